The summed E-state index contributed by atoms with van der Waals surface area (Å²) < 4.78 is 16.7. The summed E-state index contributed by atoms with van der Waals surface area (Å²) in [5, 5.41) is 10.1. The van der Waals surface area contributed by atoms with E-state index in [1.165, 1.54) is 0 Å². The van der Waals surface area contributed by atoms with Crippen molar-refractivity contribution in [3.05, 3.63) is 59.7 Å². The fraction of sp³-hybridized carbons (Fsp3) is 0.400. The van der Waals surface area contributed by atoms with Crippen molar-refractivity contribution >= 4 is 0 Å². The molecule has 1 saturated heterocycles. The van der Waals surface area contributed by atoms with Crippen molar-refractivity contribution in [3.8, 4) is 11.5 Å². The molecule has 1 aliphatic rings. The van der Waals surface area contributed by atoms with Crippen molar-refractivity contribution in [1.82, 2.24) is 4.90 Å². The molecule has 1 heterocycles. The lowest BCUT2D eigenvalue weighted by Crippen LogP contribution is -2.46. The van der Waals surface area contributed by atoms with E-state index in [0.29, 0.717) is 6.61 Å². The van der Waals surface area contributed by atoms with Gasteiger partial charge in [-0.1, -0.05) is 36.4 Å². The molecular weight excluding hydrogens is 318 g/mol. The van der Waals surface area contributed by atoms with Crippen molar-refractivity contribution in [2.75, 3.05) is 40.5 Å². The highest BCUT2D eigenvalue weighted by molar-refractivity contribution is 5.43. The largest absolute Gasteiger partial charge is 0.493 e. The van der Waals surface area contributed by atoms with Crippen LogP contribution < -0.4 is 9.47 Å². The molecule has 134 valence electrons. The third-order valence-electron chi connectivity index (χ3n) is 4.77. The predicted molar refractivity (Wildman–Crippen MR) is 96.0 cm³/mol. The van der Waals surface area contributed by atoms with E-state index >= 15 is 0 Å². The van der Waals surface area contributed by atoms with Gasteiger partial charge in [-0.2, -0.15) is 0 Å². The van der Waals surface area contributed by atoms with E-state index in [4.69, 9.17) is 14.2 Å². The van der Waals surface area contributed by atoms with Gasteiger partial charge in [0.15, 0.2) is 17.2 Å². The third kappa shape index (κ3) is 3.49. The smallest absolute Gasteiger partial charge is 0.171 e. The van der Waals surface area contributed by atoms with Crippen LogP contribution in [0.1, 0.15) is 11.1 Å². The first-order valence-corrected chi connectivity index (χ1v) is 8.50. The molecule has 3 rings (SSSR count). The van der Waals surface area contributed by atoms with Gasteiger partial charge in [-0.05, 0) is 24.1 Å². The van der Waals surface area contributed by atoms with Crippen molar-refractivity contribution < 1.29 is 19.3 Å². The Kier molecular flexibility index (Phi) is 5.58. The van der Waals surface area contributed by atoms with Crippen LogP contribution in [0.15, 0.2) is 48.5 Å². The highest BCUT2D eigenvalue weighted by Gasteiger charge is 2.43. The Bertz CT molecular complexity index is 691. The Balaban J connectivity index is 1.76. The van der Waals surface area contributed by atoms with Crippen LogP contribution in [0.3, 0.4) is 0 Å². The van der Waals surface area contributed by atoms with E-state index in [1.54, 1.807) is 14.2 Å². The Hall–Kier alpha value is -2.08. The lowest BCUT2D eigenvalue weighted by Gasteiger charge is -2.36. The standard InChI is InChI=1S/C20H25NO4/c1-23-18-9-8-16(14-19(18)24-2)10-11-21-12-13-25-20(21,15-22)17-6-4-3-5-7-17/h3-9,14,22H,10-13,15H2,1-2H3/t20-/m1/s1. The molecule has 1 atom stereocenters. The zero-order chi connectivity index (χ0) is 17.7. The summed E-state index contributed by atoms with van der Waals surface area (Å²) in [5.74, 6) is 1.46. The number of nitrogens with zero attached hydrogens (tertiary/aromatic N) is 1. The molecule has 5 heteroatoms. The molecule has 0 spiro atoms. The normalized spacial score (nSPS) is 20.6. The molecule has 2 aromatic carbocycles. The van der Waals surface area contributed by atoms with Gasteiger partial charge in [0.05, 0.1) is 27.4 Å². The van der Waals surface area contributed by atoms with Crippen LogP contribution in [0.4, 0.5) is 0 Å². The maximum absolute atomic E-state index is 10.1. The molecule has 0 bridgehead atoms. The Morgan fingerprint density at radius 1 is 1.08 bits per heavy atom. The van der Waals surface area contributed by atoms with Crippen LogP contribution in [0, 0.1) is 0 Å². The van der Waals surface area contributed by atoms with Crippen LogP contribution in [0.25, 0.3) is 0 Å². The second-order valence-corrected chi connectivity index (χ2v) is 6.08. The van der Waals surface area contributed by atoms with Gasteiger partial charge in [0.25, 0.3) is 0 Å². The van der Waals surface area contributed by atoms with Crippen LogP contribution in [0.2, 0.25) is 0 Å². The van der Waals surface area contributed by atoms with Gasteiger partial charge in [-0.3, -0.25) is 4.90 Å². The topological polar surface area (TPSA) is 51.2 Å². The van der Waals surface area contributed by atoms with Crippen molar-refractivity contribution in [2.45, 2.75) is 12.1 Å². The quantitative estimate of drug-likeness (QED) is 0.837. The summed E-state index contributed by atoms with van der Waals surface area (Å²) in [6.07, 6.45) is 0.832. The molecule has 0 aromatic heterocycles. The average molecular weight is 343 g/mol. The van der Waals surface area contributed by atoms with Gasteiger partial charge in [-0.15, -0.1) is 0 Å². The number of methoxy groups -OCH3 is 2. The molecule has 1 N–H and O–H groups in total. The van der Waals surface area contributed by atoms with Gasteiger partial charge in [0.1, 0.15) is 0 Å². The fourth-order valence-electron chi connectivity index (χ4n) is 3.39. The molecule has 1 aliphatic heterocycles. The van der Waals surface area contributed by atoms with Crippen LogP contribution in [-0.2, 0) is 16.9 Å². The summed E-state index contributed by atoms with van der Waals surface area (Å²) in [7, 11) is 3.27. The minimum Gasteiger partial charge on any atom is -0.493 e. The van der Waals surface area contributed by atoms with Gasteiger partial charge in [0, 0.05) is 18.7 Å². The Labute approximate surface area is 148 Å². The molecule has 5 nitrogen and oxygen atoms in total. The monoisotopic (exact) mass is 343 g/mol. The number of ether oxygens (including phenoxy) is 3. The lowest BCUT2D eigenvalue weighted by molar-refractivity contribution is -0.122. The summed E-state index contributed by atoms with van der Waals surface area (Å²) in [4.78, 5) is 2.21. The fourth-order valence-corrected chi connectivity index (χ4v) is 3.39. The van der Waals surface area contributed by atoms with Crippen LogP contribution in [0.5, 0.6) is 11.5 Å². The molecule has 0 amide bonds. The van der Waals surface area contributed by atoms with Gasteiger partial charge in [0.2, 0.25) is 0 Å². The number of hydrogen-bond donors (Lipinski definition) is 1. The van der Waals surface area contributed by atoms with E-state index in [-0.39, 0.29) is 6.61 Å². The number of aliphatic hydroxyl groups excluding tert-OH is 1. The maximum Gasteiger partial charge on any atom is 0.171 e. The summed E-state index contributed by atoms with van der Waals surface area (Å²) in [5.41, 5.74) is 1.39. The van der Waals surface area contributed by atoms with Crippen LogP contribution >= 0.6 is 0 Å². The first-order valence-electron chi connectivity index (χ1n) is 8.50. The van der Waals surface area contributed by atoms with E-state index < -0.39 is 5.72 Å². The number of aliphatic hydroxyl groups is 1. The van der Waals surface area contributed by atoms with Crippen molar-refractivity contribution in [1.29, 1.82) is 0 Å². The first-order chi connectivity index (χ1) is 12.2. The SMILES string of the molecule is COc1ccc(CCN2CCO[C@]2(CO)c2ccccc2)cc1OC. The molecule has 0 saturated carbocycles. The van der Waals surface area contributed by atoms with Crippen LogP contribution in [-0.4, -0.2) is 50.5 Å². The molecular formula is C20H25NO4. The molecule has 25 heavy (non-hydrogen) atoms. The predicted octanol–water partition coefficient (Wildman–Crippen LogP) is 2.42. The van der Waals surface area contributed by atoms with Crippen molar-refractivity contribution in [3.63, 3.8) is 0 Å². The molecule has 0 unspecified atom stereocenters. The second-order valence-electron chi connectivity index (χ2n) is 6.08. The van der Waals surface area contributed by atoms with E-state index in [0.717, 1.165) is 42.1 Å². The molecule has 1 fully saturated rings. The number of hydrogen-bond acceptors (Lipinski definition) is 5. The zero-order valence-corrected chi connectivity index (χ0v) is 14.8. The van der Waals surface area contributed by atoms with Gasteiger partial charge < -0.3 is 19.3 Å². The zero-order valence-electron chi connectivity index (χ0n) is 14.8. The Morgan fingerprint density at radius 3 is 2.52 bits per heavy atom. The third-order valence-corrected chi connectivity index (χ3v) is 4.77. The first kappa shape index (κ1) is 17.7. The van der Waals surface area contributed by atoms with E-state index in [1.807, 2.05) is 48.5 Å². The summed E-state index contributed by atoms with van der Waals surface area (Å²) in [6.45, 7) is 2.12. The highest BCUT2D eigenvalue weighted by Crippen LogP contribution is 2.34. The summed E-state index contributed by atoms with van der Waals surface area (Å²) >= 11 is 0. The Morgan fingerprint density at radius 2 is 1.84 bits per heavy atom. The molecule has 0 aliphatic carbocycles. The minimum atomic E-state index is -0.752. The van der Waals surface area contributed by atoms with Crippen molar-refractivity contribution in [2.24, 2.45) is 0 Å². The molecule has 0 radical (unpaired) electrons. The van der Waals surface area contributed by atoms with Gasteiger partial charge >= 0.3 is 0 Å². The lowest BCUT2D eigenvalue weighted by atomic mass is 10.0. The van der Waals surface area contributed by atoms with Gasteiger partial charge in [-0.25, -0.2) is 0 Å². The second kappa shape index (κ2) is 7.87. The van der Waals surface area contributed by atoms with E-state index in [2.05, 4.69) is 4.90 Å². The highest BCUT2D eigenvalue weighted by atomic mass is 16.5. The maximum atomic E-state index is 10.1. The minimum absolute atomic E-state index is 0.0665. The number of benzene rings is 2. The average Bonchev–Trinajstić information content (AvgIpc) is 3.10. The van der Waals surface area contributed by atoms with E-state index in [9.17, 15) is 5.11 Å². The summed E-state index contributed by atoms with van der Waals surface area (Å²) in [6, 6.07) is 15.9. The molecule has 2 aromatic rings. The number of rotatable bonds is 7.